The van der Waals surface area contributed by atoms with Crippen LogP contribution in [-0.4, -0.2) is 16.2 Å². The largest absolute Gasteiger partial charge is 0.506 e. The highest BCUT2D eigenvalue weighted by molar-refractivity contribution is 7.17. The van der Waals surface area contributed by atoms with Crippen molar-refractivity contribution >= 4 is 27.4 Å². The molecular weight excluding hydrogens is 224 g/mol. The Morgan fingerprint density at radius 3 is 2.94 bits per heavy atom. The third-order valence-electron chi connectivity index (χ3n) is 2.61. The molecule has 2 rings (SSSR count). The van der Waals surface area contributed by atoms with Crippen molar-refractivity contribution in [1.82, 2.24) is 0 Å². The monoisotopic (exact) mass is 236 g/mol. The summed E-state index contributed by atoms with van der Waals surface area (Å²) in [5, 5.41) is 21.4. The fraction of sp³-hybridized carbons (Fsp3) is 0.250. The maximum absolute atomic E-state index is 10.8. The van der Waals surface area contributed by atoms with E-state index in [4.69, 9.17) is 5.11 Å². The Morgan fingerprint density at radius 1 is 1.50 bits per heavy atom. The van der Waals surface area contributed by atoms with Crippen LogP contribution < -0.4 is 0 Å². The van der Waals surface area contributed by atoms with Crippen molar-refractivity contribution in [1.29, 1.82) is 0 Å². The predicted octanol–water partition coefficient (Wildman–Crippen LogP) is 2.87. The van der Waals surface area contributed by atoms with Gasteiger partial charge in [0.05, 0.1) is 10.6 Å². The Bertz CT molecular complexity index is 530. The number of rotatable bonds is 3. The van der Waals surface area contributed by atoms with Gasteiger partial charge in [-0.3, -0.25) is 4.79 Å². The molecule has 0 radical (unpaired) electrons. The number of thiophene rings is 1. The number of phenolic OH excluding ortho intramolecular Hbond substituents is 1. The van der Waals surface area contributed by atoms with Crippen LogP contribution in [0.25, 0.3) is 10.1 Å². The Morgan fingerprint density at radius 2 is 2.25 bits per heavy atom. The summed E-state index contributed by atoms with van der Waals surface area (Å²) in [5.41, 5.74) is 0.991. The lowest BCUT2D eigenvalue weighted by Crippen LogP contribution is -2.11. The zero-order chi connectivity index (χ0) is 11.7. The van der Waals surface area contributed by atoms with Crippen molar-refractivity contribution in [3.63, 3.8) is 0 Å². The van der Waals surface area contributed by atoms with Gasteiger partial charge in [-0.15, -0.1) is 11.3 Å². The van der Waals surface area contributed by atoms with E-state index in [9.17, 15) is 9.90 Å². The summed E-state index contributed by atoms with van der Waals surface area (Å²) in [6, 6.07) is 5.33. The number of aliphatic carboxylic acids is 1. The second-order valence-electron chi connectivity index (χ2n) is 3.86. The van der Waals surface area contributed by atoms with E-state index in [1.165, 1.54) is 11.3 Å². The minimum absolute atomic E-state index is 0.261. The van der Waals surface area contributed by atoms with Gasteiger partial charge >= 0.3 is 5.97 Å². The third kappa shape index (κ3) is 1.88. The lowest BCUT2D eigenvalue weighted by molar-refractivity contribution is -0.141. The van der Waals surface area contributed by atoms with Crippen molar-refractivity contribution < 1.29 is 15.0 Å². The molecule has 2 aromatic rings. The summed E-state index contributed by atoms with van der Waals surface area (Å²) in [6.07, 6.45) is 0.499. The van der Waals surface area contributed by atoms with Crippen LogP contribution >= 0.6 is 11.3 Å². The van der Waals surface area contributed by atoms with Crippen LogP contribution in [0.3, 0.4) is 0 Å². The van der Waals surface area contributed by atoms with Crippen molar-refractivity contribution in [3.05, 3.63) is 29.1 Å². The van der Waals surface area contributed by atoms with Crippen molar-refractivity contribution in [2.45, 2.75) is 13.3 Å². The van der Waals surface area contributed by atoms with E-state index in [1.807, 2.05) is 11.4 Å². The third-order valence-corrected chi connectivity index (χ3v) is 3.67. The first kappa shape index (κ1) is 11.0. The van der Waals surface area contributed by atoms with E-state index in [-0.39, 0.29) is 5.75 Å². The van der Waals surface area contributed by atoms with Gasteiger partial charge in [0.25, 0.3) is 0 Å². The van der Waals surface area contributed by atoms with Crippen molar-refractivity contribution in [3.8, 4) is 5.75 Å². The molecular formula is C12H12O3S. The van der Waals surface area contributed by atoms with Crippen LogP contribution in [0.1, 0.15) is 12.5 Å². The van der Waals surface area contributed by atoms with Crippen LogP contribution in [0.2, 0.25) is 0 Å². The van der Waals surface area contributed by atoms with Gasteiger partial charge in [-0.2, -0.15) is 0 Å². The molecule has 0 aliphatic rings. The molecule has 0 amide bonds. The van der Waals surface area contributed by atoms with E-state index in [0.29, 0.717) is 6.42 Å². The summed E-state index contributed by atoms with van der Waals surface area (Å²) in [7, 11) is 0. The van der Waals surface area contributed by atoms with E-state index in [0.717, 1.165) is 15.6 Å². The highest BCUT2D eigenvalue weighted by Crippen LogP contribution is 2.33. The number of hydrogen-bond donors (Lipinski definition) is 2. The van der Waals surface area contributed by atoms with Gasteiger partial charge < -0.3 is 10.2 Å². The number of aromatic hydroxyl groups is 1. The number of benzene rings is 1. The Kier molecular flexibility index (Phi) is 2.83. The van der Waals surface area contributed by atoms with Crippen LogP contribution in [0.5, 0.6) is 5.75 Å². The van der Waals surface area contributed by atoms with E-state index < -0.39 is 11.9 Å². The molecule has 4 heteroatoms. The SMILES string of the molecule is CC(Cc1csc2c(O)cccc12)C(=O)O. The lowest BCUT2D eigenvalue weighted by Gasteiger charge is -2.04. The first-order valence-corrected chi connectivity index (χ1v) is 5.88. The number of fused-ring (bicyclic) bond motifs is 1. The van der Waals surface area contributed by atoms with Crippen LogP contribution in [0, 0.1) is 5.92 Å². The number of carboxylic acid groups (broad SMARTS) is 1. The maximum Gasteiger partial charge on any atom is 0.306 e. The van der Waals surface area contributed by atoms with Crippen molar-refractivity contribution in [2.24, 2.45) is 5.92 Å². The van der Waals surface area contributed by atoms with Crippen LogP contribution in [-0.2, 0) is 11.2 Å². The molecule has 0 bridgehead atoms. The molecule has 1 unspecified atom stereocenters. The first-order valence-electron chi connectivity index (χ1n) is 5.00. The summed E-state index contributed by atoms with van der Waals surface area (Å²) in [5.74, 6) is -0.934. The lowest BCUT2D eigenvalue weighted by atomic mass is 10.0. The number of phenols is 1. The van der Waals surface area contributed by atoms with Gasteiger partial charge in [-0.1, -0.05) is 19.1 Å². The average molecular weight is 236 g/mol. The Balaban J connectivity index is 2.39. The van der Waals surface area contributed by atoms with E-state index in [1.54, 1.807) is 19.1 Å². The van der Waals surface area contributed by atoms with Gasteiger partial charge in [0.15, 0.2) is 0 Å². The molecule has 1 aromatic heterocycles. The molecule has 0 spiro atoms. The van der Waals surface area contributed by atoms with Gasteiger partial charge in [0.1, 0.15) is 5.75 Å². The Hall–Kier alpha value is -1.55. The van der Waals surface area contributed by atoms with Gasteiger partial charge in [0.2, 0.25) is 0 Å². The summed E-state index contributed by atoms with van der Waals surface area (Å²) >= 11 is 1.45. The van der Waals surface area contributed by atoms with Crippen molar-refractivity contribution in [2.75, 3.05) is 0 Å². The highest BCUT2D eigenvalue weighted by Gasteiger charge is 2.15. The standard InChI is InChI=1S/C12H12O3S/c1-7(12(14)15)5-8-6-16-11-9(8)3-2-4-10(11)13/h2-4,6-7,13H,5H2,1H3,(H,14,15). The first-order chi connectivity index (χ1) is 7.59. The summed E-state index contributed by atoms with van der Waals surface area (Å²) in [6.45, 7) is 1.69. The minimum atomic E-state index is -0.792. The zero-order valence-corrected chi connectivity index (χ0v) is 9.62. The number of hydrogen-bond acceptors (Lipinski definition) is 3. The van der Waals surface area contributed by atoms with Gasteiger partial charge in [0, 0.05) is 0 Å². The summed E-state index contributed by atoms with van der Waals surface area (Å²) < 4.78 is 0.829. The number of carboxylic acids is 1. The average Bonchev–Trinajstić information content (AvgIpc) is 2.63. The van der Waals surface area contributed by atoms with E-state index in [2.05, 4.69) is 0 Å². The molecule has 1 atom stereocenters. The number of carbonyl (C=O) groups is 1. The normalized spacial score (nSPS) is 12.8. The van der Waals surface area contributed by atoms with Gasteiger partial charge in [-0.25, -0.2) is 0 Å². The van der Waals surface area contributed by atoms with Crippen LogP contribution in [0.4, 0.5) is 0 Å². The predicted molar refractivity (Wildman–Crippen MR) is 64.0 cm³/mol. The minimum Gasteiger partial charge on any atom is -0.506 e. The molecule has 1 aromatic carbocycles. The van der Waals surface area contributed by atoms with Crippen LogP contribution in [0.15, 0.2) is 23.6 Å². The molecule has 0 fully saturated rings. The quantitative estimate of drug-likeness (QED) is 0.861. The molecule has 16 heavy (non-hydrogen) atoms. The molecule has 3 nitrogen and oxygen atoms in total. The molecule has 0 saturated carbocycles. The molecule has 2 N–H and O–H groups in total. The molecule has 84 valence electrons. The molecule has 1 heterocycles. The second kappa shape index (κ2) is 4.14. The summed E-state index contributed by atoms with van der Waals surface area (Å²) in [4.78, 5) is 10.8. The molecule has 0 aliphatic heterocycles. The second-order valence-corrected chi connectivity index (χ2v) is 4.74. The zero-order valence-electron chi connectivity index (χ0n) is 8.80. The fourth-order valence-corrected chi connectivity index (χ4v) is 2.67. The maximum atomic E-state index is 10.8. The van der Waals surface area contributed by atoms with E-state index >= 15 is 0 Å². The van der Waals surface area contributed by atoms with Gasteiger partial charge in [-0.05, 0) is 28.8 Å². The fourth-order valence-electron chi connectivity index (χ4n) is 1.67. The molecule has 0 saturated heterocycles. The smallest absolute Gasteiger partial charge is 0.306 e. The Labute approximate surface area is 97.0 Å². The highest BCUT2D eigenvalue weighted by atomic mass is 32.1. The molecule has 0 aliphatic carbocycles. The topological polar surface area (TPSA) is 57.5 Å².